The predicted octanol–water partition coefficient (Wildman–Crippen LogP) is 5.20. The Morgan fingerprint density at radius 2 is 1.95 bits per heavy atom. The largest absolute Gasteiger partial charge is 0.457 e. The molecule has 0 atom stereocenters. The molecule has 0 saturated heterocycles. The number of ether oxygens (including phenoxy) is 1. The van der Waals surface area contributed by atoms with Gasteiger partial charge in [-0.15, -0.1) is 11.8 Å². The van der Waals surface area contributed by atoms with Crippen LogP contribution < -0.4 is 4.74 Å². The number of nitro benzene ring substituents is 1. The lowest BCUT2D eigenvalue weighted by Crippen LogP contribution is -1.93. The Morgan fingerprint density at radius 1 is 1.19 bits per heavy atom. The maximum Gasteiger partial charge on any atom is 0.283 e. The second-order valence-corrected chi connectivity index (χ2v) is 5.79. The zero-order chi connectivity index (χ0) is 15.2. The topological polar surface area (TPSA) is 52.4 Å². The molecular weight excluding hydrogens is 286 g/mol. The SMILES string of the molecule is CCCSc1cc(Oc2cccc(C)c2)ccc1[N+](=O)[O-]. The van der Waals surface area contributed by atoms with Crippen LogP contribution in [0.2, 0.25) is 0 Å². The van der Waals surface area contributed by atoms with E-state index in [1.165, 1.54) is 17.8 Å². The fourth-order valence-electron chi connectivity index (χ4n) is 1.85. The molecule has 2 aromatic rings. The second-order valence-electron chi connectivity index (χ2n) is 4.65. The molecule has 0 aliphatic carbocycles. The predicted molar refractivity (Wildman–Crippen MR) is 85.4 cm³/mol. The molecule has 4 nitrogen and oxygen atoms in total. The van der Waals surface area contributed by atoms with E-state index >= 15 is 0 Å². The first kappa shape index (κ1) is 15.4. The molecule has 0 aliphatic rings. The lowest BCUT2D eigenvalue weighted by molar-refractivity contribution is -0.387. The van der Waals surface area contributed by atoms with E-state index in [9.17, 15) is 10.1 Å². The van der Waals surface area contributed by atoms with Gasteiger partial charge in [-0.3, -0.25) is 10.1 Å². The first-order valence-electron chi connectivity index (χ1n) is 6.76. The third kappa shape index (κ3) is 4.23. The summed E-state index contributed by atoms with van der Waals surface area (Å²) in [5.74, 6) is 2.19. The Morgan fingerprint density at radius 3 is 2.62 bits per heavy atom. The molecule has 5 heteroatoms. The molecule has 0 heterocycles. The fourth-order valence-corrected chi connectivity index (χ4v) is 2.77. The van der Waals surface area contributed by atoms with Crippen molar-refractivity contribution in [3.05, 3.63) is 58.1 Å². The lowest BCUT2D eigenvalue weighted by atomic mass is 10.2. The maximum absolute atomic E-state index is 11.1. The van der Waals surface area contributed by atoms with Crippen LogP contribution in [0, 0.1) is 17.0 Å². The summed E-state index contributed by atoms with van der Waals surface area (Å²) in [4.78, 5) is 11.3. The number of rotatable bonds is 6. The van der Waals surface area contributed by atoms with Gasteiger partial charge >= 0.3 is 0 Å². The standard InChI is InChI=1S/C16H17NO3S/c1-3-9-21-16-11-14(7-8-15(16)17(18)19)20-13-6-4-5-12(2)10-13/h4-8,10-11H,3,9H2,1-2H3. The van der Waals surface area contributed by atoms with Gasteiger partial charge in [0.2, 0.25) is 0 Å². The molecule has 2 aromatic carbocycles. The Hall–Kier alpha value is -2.01. The minimum Gasteiger partial charge on any atom is -0.457 e. The number of thioether (sulfide) groups is 1. The first-order chi connectivity index (χ1) is 10.1. The summed E-state index contributed by atoms with van der Waals surface area (Å²) in [6.07, 6.45) is 0.963. The van der Waals surface area contributed by atoms with E-state index in [-0.39, 0.29) is 10.6 Å². The highest BCUT2D eigenvalue weighted by Crippen LogP contribution is 2.34. The first-order valence-corrected chi connectivity index (χ1v) is 7.74. The van der Waals surface area contributed by atoms with E-state index in [0.29, 0.717) is 10.6 Å². The van der Waals surface area contributed by atoms with Gasteiger partial charge in [-0.2, -0.15) is 0 Å². The number of hydrogen-bond donors (Lipinski definition) is 0. The van der Waals surface area contributed by atoms with E-state index in [4.69, 9.17) is 4.74 Å². The van der Waals surface area contributed by atoms with Crippen LogP contribution in [0.4, 0.5) is 5.69 Å². The number of aryl methyl sites for hydroxylation is 1. The zero-order valence-electron chi connectivity index (χ0n) is 12.0. The van der Waals surface area contributed by atoms with Crippen molar-refractivity contribution in [2.75, 3.05) is 5.75 Å². The minimum atomic E-state index is -0.353. The van der Waals surface area contributed by atoms with Crippen molar-refractivity contribution < 1.29 is 9.66 Å². The molecule has 0 unspecified atom stereocenters. The number of nitro groups is 1. The van der Waals surface area contributed by atoms with Gasteiger partial charge in [0.25, 0.3) is 5.69 Å². The van der Waals surface area contributed by atoms with Crippen LogP contribution in [-0.2, 0) is 0 Å². The molecule has 0 N–H and O–H groups in total. The molecule has 0 aliphatic heterocycles. The average molecular weight is 303 g/mol. The summed E-state index contributed by atoms with van der Waals surface area (Å²) < 4.78 is 5.78. The van der Waals surface area contributed by atoms with E-state index in [2.05, 4.69) is 0 Å². The van der Waals surface area contributed by atoms with Crippen LogP contribution >= 0.6 is 11.8 Å². The van der Waals surface area contributed by atoms with E-state index in [1.54, 1.807) is 12.1 Å². The number of benzene rings is 2. The minimum absolute atomic E-state index is 0.130. The normalized spacial score (nSPS) is 10.4. The zero-order valence-corrected chi connectivity index (χ0v) is 12.9. The summed E-state index contributed by atoms with van der Waals surface area (Å²) in [6.45, 7) is 4.04. The van der Waals surface area contributed by atoms with Crippen LogP contribution in [-0.4, -0.2) is 10.7 Å². The highest BCUT2D eigenvalue weighted by molar-refractivity contribution is 7.99. The van der Waals surface area contributed by atoms with Crippen molar-refractivity contribution in [2.24, 2.45) is 0 Å². The lowest BCUT2D eigenvalue weighted by Gasteiger charge is -2.08. The van der Waals surface area contributed by atoms with Gasteiger partial charge in [0.15, 0.2) is 0 Å². The average Bonchev–Trinajstić information content (AvgIpc) is 2.45. The smallest absolute Gasteiger partial charge is 0.283 e. The van der Waals surface area contributed by atoms with Gasteiger partial charge in [-0.25, -0.2) is 0 Å². The van der Waals surface area contributed by atoms with Gasteiger partial charge in [-0.05, 0) is 42.9 Å². The summed E-state index contributed by atoms with van der Waals surface area (Å²) in [6, 6.07) is 12.6. The van der Waals surface area contributed by atoms with Crippen LogP contribution in [0.1, 0.15) is 18.9 Å². The summed E-state index contributed by atoms with van der Waals surface area (Å²) in [7, 11) is 0. The Kier molecular flexibility index (Phi) is 5.22. The third-order valence-electron chi connectivity index (χ3n) is 2.81. The van der Waals surface area contributed by atoms with Crippen molar-refractivity contribution in [3.8, 4) is 11.5 Å². The molecule has 21 heavy (non-hydrogen) atoms. The summed E-state index contributed by atoms with van der Waals surface area (Å²) in [5.41, 5.74) is 1.24. The highest BCUT2D eigenvalue weighted by Gasteiger charge is 2.15. The Balaban J connectivity index is 2.26. The van der Waals surface area contributed by atoms with E-state index in [0.717, 1.165) is 23.5 Å². The van der Waals surface area contributed by atoms with Crippen molar-refractivity contribution in [2.45, 2.75) is 25.2 Å². The molecule has 110 valence electrons. The molecule has 0 radical (unpaired) electrons. The molecular formula is C16H17NO3S. The van der Waals surface area contributed by atoms with E-state index < -0.39 is 0 Å². The van der Waals surface area contributed by atoms with Crippen LogP contribution in [0.15, 0.2) is 47.4 Å². The van der Waals surface area contributed by atoms with Crippen LogP contribution in [0.3, 0.4) is 0 Å². The van der Waals surface area contributed by atoms with Crippen molar-refractivity contribution in [3.63, 3.8) is 0 Å². The molecule has 0 spiro atoms. The van der Waals surface area contributed by atoms with Gasteiger partial charge in [0.05, 0.1) is 9.82 Å². The highest BCUT2D eigenvalue weighted by atomic mass is 32.2. The van der Waals surface area contributed by atoms with Gasteiger partial charge in [-0.1, -0.05) is 19.1 Å². The monoisotopic (exact) mass is 303 g/mol. The molecule has 0 amide bonds. The fraction of sp³-hybridized carbons (Fsp3) is 0.250. The second kappa shape index (κ2) is 7.13. The molecule has 0 saturated carbocycles. The molecule has 2 rings (SSSR count). The quantitative estimate of drug-likeness (QED) is 0.418. The number of hydrogen-bond acceptors (Lipinski definition) is 4. The molecule has 0 fully saturated rings. The van der Waals surface area contributed by atoms with E-state index in [1.807, 2.05) is 38.1 Å². The van der Waals surface area contributed by atoms with Gasteiger partial charge in [0, 0.05) is 12.1 Å². The van der Waals surface area contributed by atoms with Crippen LogP contribution in [0.25, 0.3) is 0 Å². The van der Waals surface area contributed by atoms with Crippen LogP contribution in [0.5, 0.6) is 11.5 Å². The van der Waals surface area contributed by atoms with Gasteiger partial charge < -0.3 is 4.74 Å². The summed E-state index contributed by atoms with van der Waals surface area (Å²) >= 11 is 1.48. The number of nitrogens with zero attached hydrogens (tertiary/aromatic N) is 1. The maximum atomic E-state index is 11.1. The summed E-state index contributed by atoms with van der Waals surface area (Å²) in [5, 5.41) is 11.1. The Labute approximate surface area is 128 Å². The Bertz CT molecular complexity index is 643. The van der Waals surface area contributed by atoms with Crippen molar-refractivity contribution in [1.29, 1.82) is 0 Å². The van der Waals surface area contributed by atoms with Gasteiger partial charge in [0.1, 0.15) is 11.5 Å². The molecule has 0 bridgehead atoms. The van der Waals surface area contributed by atoms with Crippen molar-refractivity contribution in [1.82, 2.24) is 0 Å². The molecule has 0 aromatic heterocycles. The van der Waals surface area contributed by atoms with Crippen molar-refractivity contribution >= 4 is 17.4 Å². The third-order valence-corrected chi connectivity index (χ3v) is 4.07.